The van der Waals surface area contributed by atoms with Gasteiger partial charge in [-0.3, -0.25) is 14.4 Å². The summed E-state index contributed by atoms with van der Waals surface area (Å²) < 4.78 is 16.7. The van der Waals surface area contributed by atoms with E-state index in [1.807, 2.05) is 12.2 Å². The molecule has 0 spiro atoms. The van der Waals surface area contributed by atoms with Crippen molar-refractivity contribution in [2.75, 3.05) is 13.2 Å². The zero-order valence-corrected chi connectivity index (χ0v) is 43.1. The van der Waals surface area contributed by atoms with Crippen molar-refractivity contribution < 1.29 is 28.6 Å². The SMILES string of the molecule is CC/C=C\C/C=C\C/C=C\C/C=C\CCCCCCC(=O)OC[C@H](COC(=O)CCCCCCC/C=C\CCCCCC)OC(=O)CC/C=C\C/C=C\C/C=C\C/C=C\C/C=C\CCCCC. The van der Waals surface area contributed by atoms with Crippen molar-refractivity contribution in [3.63, 3.8) is 0 Å². The van der Waals surface area contributed by atoms with Crippen LogP contribution in [0.15, 0.2) is 122 Å². The number of carbonyl (C=O) groups is 3. The standard InChI is InChI=1S/C61H98O6/c1-4-7-10-13-16-19-22-25-27-29-30-32-34-37-40-43-46-49-52-55-61(64)67-58(56-65-59(62)53-50-47-44-41-38-35-24-21-18-15-12-9-6-3)57-66-60(63)54-51-48-45-42-39-36-33-31-28-26-23-20-17-14-11-8-5-2/h8,11,16-17,19-21,24-28,30,32-33,36-37,40,46,49,58H,4-7,9-10,12-15,18,22-23,29,31,34-35,38-39,41-45,47-48,50-57H2,1-3H3/b11-8-,19-16-,20-17-,24-21-,27-25-,28-26-,32-30-,36-33-,40-37-,49-46-/t58-/m0/s1. The van der Waals surface area contributed by atoms with Crippen molar-refractivity contribution in [3.8, 4) is 0 Å². The van der Waals surface area contributed by atoms with Crippen LogP contribution in [0.5, 0.6) is 0 Å². The Bertz CT molecular complexity index is 1440. The smallest absolute Gasteiger partial charge is 0.306 e. The molecule has 1 atom stereocenters. The monoisotopic (exact) mass is 927 g/mol. The van der Waals surface area contributed by atoms with Crippen molar-refractivity contribution in [1.29, 1.82) is 0 Å². The zero-order valence-electron chi connectivity index (χ0n) is 43.1. The molecule has 0 radical (unpaired) electrons. The van der Waals surface area contributed by atoms with Crippen LogP contribution in [0, 0.1) is 0 Å². The maximum atomic E-state index is 12.8. The van der Waals surface area contributed by atoms with Gasteiger partial charge in [0.05, 0.1) is 0 Å². The predicted octanol–water partition coefficient (Wildman–Crippen LogP) is 18.1. The highest BCUT2D eigenvalue weighted by Crippen LogP contribution is 2.12. The second-order valence-corrected chi connectivity index (χ2v) is 17.4. The molecule has 0 amide bonds. The average Bonchev–Trinajstić information content (AvgIpc) is 3.33. The van der Waals surface area contributed by atoms with Crippen molar-refractivity contribution in [2.24, 2.45) is 0 Å². The van der Waals surface area contributed by atoms with Crippen molar-refractivity contribution >= 4 is 17.9 Å². The third-order valence-corrected chi connectivity index (χ3v) is 10.9. The lowest BCUT2D eigenvalue weighted by Gasteiger charge is -2.18. The van der Waals surface area contributed by atoms with E-state index in [4.69, 9.17) is 14.2 Å². The Balaban J connectivity index is 4.58. The van der Waals surface area contributed by atoms with Crippen LogP contribution in [0.3, 0.4) is 0 Å². The number of esters is 3. The molecule has 0 unspecified atom stereocenters. The lowest BCUT2D eigenvalue weighted by atomic mass is 10.1. The quantitative estimate of drug-likeness (QED) is 0.0262. The molecule has 0 saturated carbocycles. The van der Waals surface area contributed by atoms with Crippen molar-refractivity contribution in [3.05, 3.63) is 122 Å². The summed E-state index contributed by atoms with van der Waals surface area (Å²) in [6, 6.07) is 0. The van der Waals surface area contributed by atoms with E-state index in [2.05, 4.69) is 130 Å². The first kappa shape index (κ1) is 62.8. The summed E-state index contributed by atoms with van der Waals surface area (Å²) in [5.41, 5.74) is 0. The van der Waals surface area contributed by atoms with Crippen LogP contribution in [0.2, 0.25) is 0 Å². The van der Waals surface area contributed by atoms with Crippen molar-refractivity contribution in [2.45, 2.75) is 232 Å². The number of carbonyl (C=O) groups excluding carboxylic acids is 3. The molecule has 0 aromatic heterocycles. The van der Waals surface area contributed by atoms with E-state index in [-0.39, 0.29) is 31.6 Å². The van der Waals surface area contributed by atoms with Gasteiger partial charge in [-0.2, -0.15) is 0 Å². The third-order valence-electron chi connectivity index (χ3n) is 10.9. The van der Waals surface area contributed by atoms with Crippen LogP contribution >= 0.6 is 0 Å². The summed E-state index contributed by atoms with van der Waals surface area (Å²) in [5.74, 6) is -1.05. The molecule has 0 bridgehead atoms. The molecule has 0 fully saturated rings. The number of rotatable bonds is 47. The molecule has 378 valence electrons. The highest BCUT2D eigenvalue weighted by atomic mass is 16.6. The minimum atomic E-state index is -0.834. The first-order chi connectivity index (χ1) is 33.0. The summed E-state index contributed by atoms with van der Waals surface area (Å²) >= 11 is 0. The number of allylic oxidation sites excluding steroid dienone is 20. The maximum Gasteiger partial charge on any atom is 0.306 e. The molecule has 0 aromatic rings. The Morgan fingerprint density at radius 2 is 0.612 bits per heavy atom. The van der Waals surface area contributed by atoms with Crippen LogP contribution in [0.25, 0.3) is 0 Å². The molecule has 6 nitrogen and oxygen atoms in total. The van der Waals surface area contributed by atoms with Crippen LogP contribution in [-0.4, -0.2) is 37.2 Å². The summed E-state index contributed by atoms with van der Waals surface area (Å²) in [6.07, 6.45) is 74.8. The van der Waals surface area contributed by atoms with E-state index < -0.39 is 12.1 Å². The summed E-state index contributed by atoms with van der Waals surface area (Å²) in [5, 5.41) is 0. The molecule has 0 heterocycles. The van der Waals surface area contributed by atoms with E-state index in [0.29, 0.717) is 19.3 Å². The number of hydrogen-bond acceptors (Lipinski definition) is 6. The fourth-order valence-corrected chi connectivity index (χ4v) is 6.88. The summed E-state index contributed by atoms with van der Waals surface area (Å²) in [7, 11) is 0. The van der Waals surface area contributed by atoms with Gasteiger partial charge in [-0.25, -0.2) is 0 Å². The van der Waals surface area contributed by atoms with E-state index in [0.717, 1.165) is 116 Å². The van der Waals surface area contributed by atoms with E-state index >= 15 is 0 Å². The van der Waals surface area contributed by atoms with Gasteiger partial charge in [0.1, 0.15) is 13.2 Å². The van der Waals surface area contributed by atoms with Gasteiger partial charge in [0.25, 0.3) is 0 Å². The Labute approximate surface area is 412 Å². The van der Waals surface area contributed by atoms with E-state index in [9.17, 15) is 14.4 Å². The molecule has 0 N–H and O–H groups in total. The molecule has 0 aliphatic rings. The Morgan fingerprint density at radius 1 is 0.313 bits per heavy atom. The number of hydrogen-bond donors (Lipinski definition) is 0. The number of unbranched alkanes of at least 4 members (excludes halogenated alkanes) is 16. The largest absolute Gasteiger partial charge is 0.462 e. The van der Waals surface area contributed by atoms with Gasteiger partial charge in [0.15, 0.2) is 6.10 Å². The molecule has 0 rings (SSSR count). The molecule has 67 heavy (non-hydrogen) atoms. The van der Waals surface area contributed by atoms with Crippen LogP contribution in [0.4, 0.5) is 0 Å². The Morgan fingerprint density at radius 3 is 1.01 bits per heavy atom. The van der Waals surface area contributed by atoms with Crippen LogP contribution in [-0.2, 0) is 28.6 Å². The van der Waals surface area contributed by atoms with Gasteiger partial charge in [-0.1, -0.05) is 206 Å². The Hall–Kier alpha value is -4.19. The summed E-state index contributed by atoms with van der Waals surface area (Å²) in [4.78, 5) is 38.0. The molecule has 6 heteroatoms. The van der Waals surface area contributed by atoms with Gasteiger partial charge in [-0.15, -0.1) is 0 Å². The fraction of sp³-hybridized carbons (Fsp3) is 0.623. The van der Waals surface area contributed by atoms with Gasteiger partial charge in [-0.05, 0) is 122 Å². The third kappa shape index (κ3) is 52.6. The highest BCUT2D eigenvalue weighted by molar-refractivity contribution is 5.71. The van der Waals surface area contributed by atoms with E-state index in [1.54, 1.807) is 0 Å². The second kappa shape index (κ2) is 54.4. The zero-order chi connectivity index (χ0) is 48.6. The molecule has 0 aliphatic heterocycles. The summed E-state index contributed by atoms with van der Waals surface area (Å²) in [6.45, 7) is 6.38. The van der Waals surface area contributed by atoms with Crippen LogP contribution < -0.4 is 0 Å². The van der Waals surface area contributed by atoms with Crippen LogP contribution in [0.1, 0.15) is 226 Å². The highest BCUT2D eigenvalue weighted by Gasteiger charge is 2.19. The maximum absolute atomic E-state index is 12.8. The molecule has 0 aromatic carbocycles. The Kier molecular flexibility index (Phi) is 51.0. The molecule has 0 aliphatic carbocycles. The lowest BCUT2D eigenvalue weighted by Crippen LogP contribution is -2.30. The molecule has 0 saturated heterocycles. The lowest BCUT2D eigenvalue weighted by molar-refractivity contribution is -0.166. The number of ether oxygens (including phenoxy) is 3. The average molecular weight is 927 g/mol. The first-order valence-corrected chi connectivity index (χ1v) is 27.0. The molecular weight excluding hydrogens is 829 g/mol. The van der Waals surface area contributed by atoms with E-state index in [1.165, 1.54) is 64.2 Å². The van der Waals surface area contributed by atoms with Gasteiger partial charge >= 0.3 is 17.9 Å². The predicted molar refractivity (Wildman–Crippen MR) is 288 cm³/mol. The second-order valence-electron chi connectivity index (χ2n) is 17.4. The van der Waals surface area contributed by atoms with Gasteiger partial charge in [0, 0.05) is 19.3 Å². The minimum Gasteiger partial charge on any atom is -0.462 e. The minimum absolute atomic E-state index is 0.123. The van der Waals surface area contributed by atoms with Gasteiger partial charge in [0.2, 0.25) is 0 Å². The molecular formula is C61H98O6. The normalized spacial score (nSPS) is 13.1. The fourth-order valence-electron chi connectivity index (χ4n) is 6.88. The topological polar surface area (TPSA) is 78.9 Å². The first-order valence-electron chi connectivity index (χ1n) is 27.0. The van der Waals surface area contributed by atoms with Crippen molar-refractivity contribution in [1.82, 2.24) is 0 Å². The van der Waals surface area contributed by atoms with Gasteiger partial charge < -0.3 is 14.2 Å².